The van der Waals surface area contributed by atoms with Crippen LogP contribution in [0.25, 0.3) is 0 Å². The lowest BCUT2D eigenvalue weighted by Crippen LogP contribution is -2.35. The van der Waals surface area contributed by atoms with Crippen LogP contribution in [0.3, 0.4) is 0 Å². The van der Waals surface area contributed by atoms with Crippen LogP contribution < -0.4 is 14.8 Å². The van der Waals surface area contributed by atoms with Crippen molar-refractivity contribution in [1.29, 1.82) is 0 Å². The summed E-state index contributed by atoms with van der Waals surface area (Å²) >= 11 is 0. The number of likely N-dealkylation sites (N-methyl/N-ethyl adjacent to an activating group) is 1. The Kier molecular flexibility index (Phi) is 6.06. The fraction of sp³-hybridized carbons (Fsp3) is 0.294. The van der Waals surface area contributed by atoms with Gasteiger partial charge in [0.2, 0.25) is 0 Å². The normalized spacial score (nSPS) is 11.9. The van der Waals surface area contributed by atoms with Crippen molar-refractivity contribution in [3.05, 3.63) is 54.6 Å². The number of methoxy groups -OCH3 is 1. The summed E-state index contributed by atoms with van der Waals surface area (Å²) in [6.07, 6.45) is 0. The summed E-state index contributed by atoms with van der Waals surface area (Å²) < 4.78 is 16.6. The summed E-state index contributed by atoms with van der Waals surface area (Å²) in [7, 11) is 3.57. The summed E-state index contributed by atoms with van der Waals surface area (Å²) in [5, 5.41) is 3.14. The summed E-state index contributed by atoms with van der Waals surface area (Å²) in [4.78, 5) is 0. The second-order valence-electron chi connectivity index (χ2n) is 4.64. The highest BCUT2D eigenvalue weighted by Gasteiger charge is 2.06. The molecule has 2 rings (SSSR count). The Morgan fingerprint density at radius 3 is 2.10 bits per heavy atom. The number of para-hydroxylation sites is 1. The van der Waals surface area contributed by atoms with E-state index in [9.17, 15) is 0 Å². The zero-order valence-electron chi connectivity index (χ0n) is 12.4. The van der Waals surface area contributed by atoms with Crippen LogP contribution in [-0.2, 0) is 4.74 Å². The third kappa shape index (κ3) is 5.10. The van der Waals surface area contributed by atoms with Crippen LogP contribution >= 0.6 is 0 Å². The van der Waals surface area contributed by atoms with Crippen molar-refractivity contribution in [1.82, 2.24) is 5.32 Å². The highest BCUT2D eigenvalue weighted by molar-refractivity contribution is 5.35. The molecule has 1 atom stereocenters. The topological polar surface area (TPSA) is 39.7 Å². The predicted octanol–water partition coefficient (Wildman–Crippen LogP) is 3.09. The molecule has 21 heavy (non-hydrogen) atoms. The Balaban J connectivity index is 1.87. The number of rotatable bonds is 8. The van der Waals surface area contributed by atoms with Gasteiger partial charge in [-0.25, -0.2) is 0 Å². The molecule has 0 spiro atoms. The molecule has 0 saturated heterocycles. The van der Waals surface area contributed by atoms with Crippen molar-refractivity contribution in [2.24, 2.45) is 0 Å². The Morgan fingerprint density at radius 2 is 1.48 bits per heavy atom. The lowest BCUT2D eigenvalue weighted by atomic mass is 10.3. The van der Waals surface area contributed by atoms with Crippen LogP contribution in [0.15, 0.2) is 54.6 Å². The van der Waals surface area contributed by atoms with Crippen molar-refractivity contribution in [2.75, 3.05) is 27.4 Å². The first-order valence-corrected chi connectivity index (χ1v) is 6.94. The van der Waals surface area contributed by atoms with E-state index in [1.807, 2.05) is 61.6 Å². The van der Waals surface area contributed by atoms with E-state index in [-0.39, 0.29) is 6.04 Å². The first-order chi connectivity index (χ1) is 10.3. The smallest absolute Gasteiger partial charge is 0.127 e. The van der Waals surface area contributed by atoms with Gasteiger partial charge in [0, 0.05) is 7.11 Å². The molecule has 0 heterocycles. The first-order valence-electron chi connectivity index (χ1n) is 6.94. The molecule has 2 aromatic carbocycles. The van der Waals surface area contributed by atoms with E-state index < -0.39 is 0 Å². The number of nitrogens with one attached hydrogen (secondary N) is 1. The summed E-state index contributed by atoms with van der Waals surface area (Å²) in [5.74, 6) is 2.42. The third-order valence-corrected chi connectivity index (χ3v) is 3.03. The van der Waals surface area contributed by atoms with E-state index in [1.54, 1.807) is 7.11 Å². The number of ether oxygens (including phenoxy) is 3. The molecule has 0 saturated carbocycles. The maximum Gasteiger partial charge on any atom is 0.127 e. The Bertz CT molecular complexity index is 513. The molecule has 112 valence electrons. The summed E-state index contributed by atoms with van der Waals surface area (Å²) in [6.45, 7) is 1.18. The minimum absolute atomic E-state index is 0.176. The molecule has 1 unspecified atom stereocenters. The minimum atomic E-state index is 0.176. The van der Waals surface area contributed by atoms with Crippen molar-refractivity contribution < 1.29 is 14.2 Å². The summed E-state index contributed by atoms with van der Waals surface area (Å²) in [6, 6.07) is 17.5. The van der Waals surface area contributed by atoms with Crippen molar-refractivity contribution >= 4 is 0 Å². The Labute approximate surface area is 125 Å². The van der Waals surface area contributed by atoms with Gasteiger partial charge >= 0.3 is 0 Å². The molecule has 0 aliphatic rings. The van der Waals surface area contributed by atoms with Crippen LogP contribution in [0, 0.1) is 0 Å². The van der Waals surface area contributed by atoms with Crippen LogP contribution in [0.5, 0.6) is 17.2 Å². The van der Waals surface area contributed by atoms with Crippen LogP contribution in [-0.4, -0.2) is 33.4 Å². The van der Waals surface area contributed by atoms with Crippen molar-refractivity contribution in [3.8, 4) is 17.2 Å². The van der Waals surface area contributed by atoms with Gasteiger partial charge in [0.1, 0.15) is 23.9 Å². The number of benzene rings is 2. The van der Waals surface area contributed by atoms with Crippen LogP contribution in [0.2, 0.25) is 0 Å². The maximum absolute atomic E-state index is 5.73. The van der Waals surface area contributed by atoms with E-state index in [1.165, 1.54) is 0 Å². The predicted molar refractivity (Wildman–Crippen MR) is 83.2 cm³/mol. The number of hydrogen-bond acceptors (Lipinski definition) is 4. The molecule has 4 heteroatoms. The van der Waals surface area contributed by atoms with E-state index in [0.717, 1.165) is 17.2 Å². The Hall–Kier alpha value is -2.04. The van der Waals surface area contributed by atoms with Gasteiger partial charge in [-0.05, 0) is 43.4 Å². The fourth-order valence-electron chi connectivity index (χ4n) is 1.84. The highest BCUT2D eigenvalue weighted by Crippen LogP contribution is 2.23. The molecule has 0 aliphatic heterocycles. The maximum atomic E-state index is 5.73. The molecule has 0 bridgehead atoms. The van der Waals surface area contributed by atoms with Gasteiger partial charge in [0.05, 0.1) is 12.6 Å². The Morgan fingerprint density at radius 1 is 0.857 bits per heavy atom. The van der Waals surface area contributed by atoms with Gasteiger partial charge in [-0.1, -0.05) is 18.2 Å². The van der Waals surface area contributed by atoms with Crippen LogP contribution in [0.4, 0.5) is 0 Å². The lowest BCUT2D eigenvalue weighted by Gasteiger charge is -2.16. The molecule has 0 amide bonds. The van der Waals surface area contributed by atoms with Gasteiger partial charge in [-0.3, -0.25) is 0 Å². The molecule has 0 aliphatic carbocycles. The molecule has 2 aromatic rings. The quantitative estimate of drug-likeness (QED) is 0.810. The molecular weight excluding hydrogens is 266 g/mol. The van der Waals surface area contributed by atoms with E-state index in [0.29, 0.717) is 13.2 Å². The molecule has 1 N–H and O–H groups in total. The first kappa shape index (κ1) is 15.4. The van der Waals surface area contributed by atoms with Crippen molar-refractivity contribution in [2.45, 2.75) is 6.04 Å². The van der Waals surface area contributed by atoms with E-state index >= 15 is 0 Å². The largest absolute Gasteiger partial charge is 0.492 e. The third-order valence-electron chi connectivity index (χ3n) is 3.03. The van der Waals surface area contributed by atoms with Gasteiger partial charge in [0.15, 0.2) is 0 Å². The van der Waals surface area contributed by atoms with E-state index in [4.69, 9.17) is 14.2 Å². The van der Waals surface area contributed by atoms with Crippen LogP contribution in [0.1, 0.15) is 0 Å². The monoisotopic (exact) mass is 287 g/mol. The molecule has 0 aromatic heterocycles. The van der Waals surface area contributed by atoms with Gasteiger partial charge in [-0.15, -0.1) is 0 Å². The number of hydrogen-bond donors (Lipinski definition) is 1. The zero-order chi connectivity index (χ0) is 14.9. The lowest BCUT2D eigenvalue weighted by molar-refractivity contribution is 0.140. The molecule has 4 nitrogen and oxygen atoms in total. The van der Waals surface area contributed by atoms with Crippen molar-refractivity contribution in [3.63, 3.8) is 0 Å². The zero-order valence-corrected chi connectivity index (χ0v) is 12.4. The minimum Gasteiger partial charge on any atom is -0.492 e. The standard InChI is InChI=1S/C17H21NO3/c1-18-14(12-19-2)13-20-15-8-10-17(11-9-15)21-16-6-4-3-5-7-16/h3-11,14,18H,12-13H2,1-2H3. The van der Waals surface area contributed by atoms with Gasteiger partial charge < -0.3 is 19.5 Å². The summed E-state index contributed by atoms with van der Waals surface area (Å²) in [5.41, 5.74) is 0. The van der Waals surface area contributed by atoms with Gasteiger partial charge in [-0.2, -0.15) is 0 Å². The average Bonchev–Trinajstić information content (AvgIpc) is 2.54. The highest BCUT2D eigenvalue weighted by atomic mass is 16.5. The SMILES string of the molecule is CNC(COC)COc1ccc(Oc2ccccc2)cc1. The molecule has 0 radical (unpaired) electrons. The average molecular weight is 287 g/mol. The molecular formula is C17H21NO3. The fourth-order valence-corrected chi connectivity index (χ4v) is 1.84. The second kappa shape index (κ2) is 8.29. The molecule has 0 fully saturated rings. The second-order valence-corrected chi connectivity index (χ2v) is 4.64. The van der Waals surface area contributed by atoms with E-state index in [2.05, 4.69) is 5.32 Å². The van der Waals surface area contributed by atoms with Gasteiger partial charge in [0.25, 0.3) is 0 Å².